The molecule has 0 N–H and O–H groups in total. The molecule has 1 fully saturated rings. The van der Waals surface area contributed by atoms with Gasteiger partial charge in [-0.05, 0) is 31.8 Å². The predicted octanol–water partition coefficient (Wildman–Crippen LogP) is 2.03. The molecule has 2 unspecified atom stereocenters. The third kappa shape index (κ3) is 3.21. The number of likely N-dealkylation sites (tertiary alicyclic amines) is 1. The summed E-state index contributed by atoms with van der Waals surface area (Å²) in [5, 5.41) is 0. The normalized spacial score (nSPS) is 20.6. The van der Waals surface area contributed by atoms with Gasteiger partial charge in [0.15, 0.2) is 5.78 Å². The highest BCUT2D eigenvalue weighted by atomic mass is 16.2. The van der Waals surface area contributed by atoms with Crippen LogP contribution < -0.4 is 0 Å². The summed E-state index contributed by atoms with van der Waals surface area (Å²) in [6.07, 6.45) is 3.16. The Balaban J connectivity index is 1.95. The highest BCUT2D eigenvalue weighted by Crippen LogP contribution is 2.35. The van der Waals surface area contributed by atoms with Crippen LogP contribution in [0.3, 0.4) is 0 Å². The maximum Gasteiger partial charge on any atom is 0.235 e. The summed E-state index contributed by atoms with van der Waals surface area (Å²) >= 11 is 0. The molecule has 0 saturated carbocycles. The number of carbonyl (C=O) groups is 2. The number of pyridine rings is 1. The number of hydrogen-bond donors (Lipinski definition) is 0. The summed E-state index contributed by atoms with van der Waals surface area (Å²) < 4.78 is 0. The lowest BCUT2D eigenvalue weighted by molar-refractivity contribution is -0.131. The van der Waals surface area contributed by atoms with Crippen molar-refractivity contribution in [3.05, 3.63) is 66.0 Å². The molecule has 0 bridgehead atoms. The first-order valence-electron chi connectivity index (χ1n) is 8.00. The maximum absolute atomic E-state index is 13.0. The van der Waals surface area contributed by atoms with Crippen molar-refractivity contribution in [2.75, 3.05) is 27.3 Å². The number of rotatable bonds is 5. The molecule has 2 aromatic rings. The van der Waals surface area contributed by atoms with E-state index in [9.17, 15) is 9.59 Å². The molecule has 0 radical (unpaired) electrons. The highest BCUT2D eigenvalue weighted by Gasteiger charge is 2.45. The van der Waals surface area contributed by atoms with Gasteiger partial charge in [0.25, 0.3) is 0 Å². The SMILES string of the molecule is CN(C)CN1CC(c2ccccc2)C(C(=O)c2cccnc2)C1=O. The van der Waals surface area contributed by atoms with Crippen molar-refractivity contribution >= 4 is 11.7 Å². The lowest BCUT2D eigenvalue weighted by atomic mass is 9.84. The minimum absolute atomic E-state index is 0.105. The van der Waals surface area contributed by atoms with Gasteiger partial charge in [0.05, 0.1) is 6.67 Å². The first-order valence-corrected chi connectivity index (χ1v) is 8.00. The van der Waals surface area contributed by atoms with Crippen LogP contribution in [-0.2, 0) is 4.79 Å². The molecule has 2 heterocycles. The van der Waals surface area contributed by atoms with E-state index in [-0.39, 0.29) is 17.6 Å². The lowest BCUT2D eigenvalue weighted by Crippen LogP contribution is -2.37. The second kappa shape index (κ2) is 6.93. The molecule has 0 spiro atoms. The molecular formula is C19H21N3O2. The van der Waals surface area contributed by atoms with Gasteiger partial charge in [-0.1, -0.05) is 30.3 Å². The summed E-state index contributed by atoms with van der Waals surface area (Å²) in [4.78, 5) is 33.6. The topological polar surface area (TPSA) is 53.5 Å². The molecular weight excluding hydrogens is 302 g/mol. The summed E-state index contributed by atoms with van der Waals surface area (Å²) in [5.74, 6) is -1.07. The van der Waals surface area contributed by atoms with Gasteiger partial charge in [-0.2, -0.15) is 0 Å². The van der Waals surface area contributed by atoms with Crippen molar-refractivity contribution < 1.29 is 9.59 Å². The van der Waals surface area contributed by atoms with E-state index < -0.39 is 5.92 Å². The smallest absolute Gasteiger partial charge is 0.235 e. The molecule has 24 heavy (non-hydrogen) atoms. The van der Waals surface area contributed by atoms with Crippen LogP contribution in [0.4, 0.5) is 0 Å². The fraction of sp³-hybridized carbons (Fsp3) is 0.316. The Kier molecular flexibility index (Phi) is 4.71. The summed E-state index contributed by atoms with van der Waals surface area (Å²) in [7, 11) is 3.84. The first kappa shape index (κ1) is 16.3. The zero-order valence-corrected chi connectivity index (χ0v) is 13.9. The van der Waals surface area contributed by atoms with Crippen molar-refractivity contribution in [3.63, 3.8) is 0 Å². The van der Waals surface area contributed by atoms with Gasteiger partial charge >= 0.3 is 0 Å². The summed E-state index contributed by atoms with van der Waals surface area (Å²) in [5.41, 5.74) is 1.51. The highest BCUT2D eigenvalue weighted by molar-refractivity contribution is 6.11. The summed E-state index contributed by atoms with van der Waals surface area (Å²) in [6, 6.07) is 13.2. The van der Waals surface area contributed by atoms with Crippen LogP contribution in [0.25, 0.3) is 0 Å². The number of carbonyl (C=O) groups excluding carboxylic acids is 2. The van der Waals surface area contributed by atoms with Gasteiger partial charge in [-0.15, -0.1) is 0 Å². The van der Waals surface area contributed by atoms with Gasteiger partial charge in [0.1, 0.15) is 5.92 Å². The van der Waals surface area contributed by atoms with E-state index in [1.165, 1.54) is 6.20 Å². The Labute approximate surface area is 141 Å². The molecule has 1 aliphatic rings. The van der Waals surface area contributed by atoms with E-state index in [2.05, 4.69) is 4.98 Å². The molecule has 124 valence electrons. The first-order chi connectivity index (χ1) is 11.6. The van der Waals surface area contributed by atoms with Gasteiger partial charge in [-0.3, -0.25) is 19.5 Å². The number of Topliss-reactive ketones (excluding diaryl/α,β-unsaturated/α-hetero) is 1. The third-order valence-corrected chi connectivity index (χ3v) is 4.31. The van der Waals surface area contributed by atoms with Crippen LogP contribution in [0.5, 0.6) is 0 Å². The molecule has 2 atom stereocenters. The molecule has 5 heteroatoms. The Morgan fingerprint density at radius 2 is 1.96 bits per heavy atom. The van der Waals surface area contributed by atoms with Crippen molar-refractivity contribution in [3.8, 4) is 0 Å². The maximum atomic E-state index is 13.0. The number of aromatic nitrogens is 1. The Hall–Kier alpha value is -2.53. The largest absolute Gasteiger partial charge is 0.328 e. The van der Waals surface area contributed by atoms with Crippen molar-refractivity contribution in [1.82, 2.24) is 14.8 Å². The van der Waals surface area contributed by atoms with E-state index in [4.69, 9.17) is 0 Å². The predicted molar refractivity (Wildman–Crippen MR) is 91.5 cm³/mol. The Morgan fingerprint density at radius 3 is 2.58 bits per heavy atom. The van der Waals surface area contributed by atoms with Gasteiger partial charge in [0, 0.05) is 30.4 Å². The Bertz CT molecular complexity index is 716. The van der Waals surface area contributed by atoms with Gasteiger partial charge in [-0.25, -0.2) is 0 Å². The summed E-state index contributed by atoms with van der Waals surface area (Å²) in [6.45, 7) is 1.07. The van der Waals surface area contributed by atoms with Crippen LogP contribution in [0.2, 0.25) is 0 Å². The van der Waals surface area contributed by atoms with Gasteiger partial charge < -0.3 is 4.90 Å². The number of amides is 1. The molecule has 0 aliphatic carbocycles. The van der Waals surface area contributed by atoms with Crippen molar-refractivity contribution in [1.29, 1.82) is 0 Å². The van der Waals surface area contributed by atoms with E-state index in [1.807, 2.05) is 49.3 Å². The van der Waals surface area contributed by atoms with E-state index in [0.717, 1.165) is 5.56 Å². The molecule has 1 aromatic carbocycles. The van der Waals surface area contributed by atoms with Crippen LogP contribution in [0.15, 0.2) is 54.9 Å². The zero-order chi connectivity index (χ0) is 17.1. The van der Waals surface area contributed by atoms with Crippen LogP contribution >= 0.6 is 0 Å². The standard InChI is InChI=1S/C19H21N3O2/c1-21(2)13-22-12-16(14-7-4-3-5-8-14)17(19(22)24)18(23)15-9-6-10-20-11-15/h3-11,16-17H,12-13H2,1-2H3. The van der Waals surface area contributed by atoms with Crippen LogP contribution in [-0.4, -0.2) is 53.8 Å². The molecule has 1 aliphatic heterocycles. The number of benzene rings is 1. The molecule has 1 saturated heterocycles. The zero-order valence-electron chi connectivity index (χ0n) is 13.9. The number of hydrogen-bond acceptors (Lipinski definition) is 4. The third-order valence-electron chi connectivity index (χ3n) is 4.31. The molecule has 1 aromatic heterocycles. The average Bonchev–Trinajstić information content (AvgIpc) is 2.92. The van der Waals surface area contributed by atoms with E-state index >= 15 is 0 Å². The quantitative estimate of drug-likeness (QED) is 0.624. The second-order valence-electron chi connectivity index (χ2n) is 6.38. The van der Waals surface area contributed by atoms with Gasteiger partial charge in [0.2, 0.25) is 5.91 Å². The average molecular weight is 323 g/mol. The molecule has 3 rings (SSSR count). The Morgan fingerprint density at radius 1 is 1.21 bits per heavy atom. The van der Waals surface area contributed by atoms with E-state index in [0.29, 0.717) is 18.8 Å². The van der Waals surface area contributed by atoms with Crippen LogP contribution in [0.1, 0.15) is 21.8 Å². The monoisotopic (exact) mass is 323 g/mol. The number of nitrogens with zero attached hydrogens (tertiary/aromatic N) is 3. The molecule has 1 amide bonds. The fourth-order valence-electron chi connectivity index (χ4n) is 3.25. The minimum Gasteiger partial charge on any atom is -0.328 e. The minimum atomic E-state index is -0.684. The molecule has 5 nitrogen and oxygen atoms in total. The van der Waals surface area contributed by atoms with Crippen LogP contribution in [0, 0.1) is 5.92 Å². The lowest BCUT2D eigenvalue weighted by Gasteiger charge is -2.21. The van der Waals surface area contributed by atoms with E-state index in [1.54, 1.807) is 23.2 Å². The fourth-order valence-corrected chi connectivity index (χ4v) is 3.25. The van der Waals surface area contributed by atoms with Crippen molar-refractivity contribution in [2.24, 2.45) is 5.92 Å². The second-order valence-corrected chi connectivity index (χ2v) is 6.38. The van der Waals surface area contributed by atoms with Crippen molar-refractivity contribution in [2.45, 2.75) is 5.92 Å². The number of ketones is 1.